The normalized spacial score (nSPS) is 22.0. The number of benzene rings is 1. The van der Waals surface area contributed by atoms with E-state index in [0.717, 1.165) is 31.6 Å². The van der Waals surface area contributed by atoms with E-state index in [2.05, 4.69) is 9.88 Å². The van der Waals surface area contributed by atoms with Gasteiger partial charge in [-0.25, -0.2) is 4.39 Å². The van der Waals surface area contributed by atoms with Crippen LogP contribution in [-0.2, 0) is 16.1 Å². The topological polar surface area (TPSA) is 54.9 Å². The third-order valence-electron chi connectivity index (χ3n) is 6.00. The van der Waals surface area contributed by atoms with E-state index >= 15 is 0 Å². The molecule has 2 aromatic rings. The van der Waals surface area contributed by atoms with Gasteiger partial charge in [0.05, 0.1) is 24.9 Å². The Morgan fingerprint density at radius 2 is 1.91 bits per heavy atom. The molecule has 8 heteroatoms. The predicted molar refractivity (Wildman–Crippen MR) is 120 cm³/mol. The number of rotatable bonds is 7. The summed E-state index contributed by atoms with van der Waals surface area (Å²) in [5.41, 5.74) is 0.00934. The number of amides is 1. The van der Waals surface area contributed by atoms with Crippen molar-refractivity contribution in [1.82, 2.24) is 14.8 Å². The Labute approximate surface area is 193 Å². The SMILES string of the molecule is O=C(C[C@@]1(COc2ccc(Cl)cc2)CN(Cc2ccc(F)cn2)CCO1)N1CCCCC1. The molecule has 2 aliphatic rings. The van der Waals surface area contributed by atoms with E-state index in [1.807, 2.05) is 17.0 Å². The third-order valence-corrected chi connectivity index (χ3v) is 6.25. The van der Waals surface area contributed by atoms with Crippen LogP contribution in [0.4, 0.5) is 4.39 Å². The molecule has 0 bridgehead atoms. The van der Waals surface area contributed by atoms with Crippen LogP contribution in [0.1, 0.15) is 31.4 Å². The van der Waals surface area contributed by atoms with Gasteiger partial charge in [-0.05, 0) is 55.7 Å². The lowest BCUT2D eigenvalue weighted by atomic mass is 9.96. The van der Waals surface area contributed by atoms with Gasteiger partial charge in [0.1, 0.15) is 23.8 Å². The molecule has 1 atom stereocenters. The first-order valence-corrected chi connectivity index (χ1v) is 11.5. The molecule has 1 amide bonds. The van der Waals surface area contributed by atoms with Crippen LogP contribution in [0.25, 0.3) is 0 Å². The third kappa shape index (κ3) is 6.18. The zero-order valence-electron chi connectivity index (χ0n) is 18.1. The summed E-state index contributed by atoms with van der Waals surface area (Å²) in [6.07, 6.45) is 4.75. The fraction of sp³-hybridized carbons (Fsp3) is 0.500. The highest BCUT2D eigenvalue weighted by Crippen LogP contribution is 2.27. The summed E-state index contributed by atoms with van der Waals surface area (Å²) in [7, 11) is 0. The van der Waals surface area contributed by atoms with Gasteiger partial charge < -0.3 is 14.4 Å². The van der Waals surface area contributed by atoms with E-state index < -0.39 is 5.60 Å². The molecule has 0 aliphatic carbocycles. The minimum absolute atomic E-state index is 0.103. The number of carbonyl (C=O) groups is 1. The average Bonchev–Trinajstić information content (AvgIpc) is 2.81. The lowest BCUT2D eigenvalue weighted by Gasteiger charge is -2.43. The van der Waals surface area contributed by atoms with Crippen molar-refractivity contribution < 1.29 is 18.7 Å². The van der Waals surface area contributed by atoms with Crippen molar-refractivity contribution in [3.8, 4) is 5.75 Å². The summed E-state index contributed by atoms with van der Waals surface area (Å²) < 4.78 is 25.5. The van der Waals surface area contributed by atoms with Crippen LogP contribution in [-0.4, -0.2) is 65.7 Å². The van der Waals surface area contributed by atoms with Crippen molar-refractivity contribution in [2.45, 2.75) is 37.8 Å². The van der Waals surface area contributed by atoms with E-state index in [9.17, 15) is 9.18 Å². The second-order valence-corrected chi connectivity index (χ2v) is 9.01. The standard InChI is InChI=1S/C24H29ClFN3O3/c25-19-4-8-22(9-5-19)31-18-24(14-23(30)29-10-2-1-3-11-29)17-28(12-13-32-24)16-21-7-6-20(26)15-27-21/h4-9,15H,1-3,10-14,16-18H2/t24-/m0/s1. The number of carbonyl (C=O) groups excluding carboxylic acids is 1. The van der Waals surface area contributed by atoms with Crippen LogP contribution in [0.15, 0.2) is 42.6 Å². The van der Waals surface area contributed by atoms with Gasteiger partial charge in [-0.2, -0.15) is 0 Å². The molecular formula is C24H29ClFN3O3. The molecular weight excluding hydrogens is 433 g/mol. The number of hydrogen-bond donors (Lipinski definition) is 0. The van der Waals surface area contributed by atoms with Crippen molar-refractivity contribution in [1.29, 1.82) is 0 Å². The maximum atomic E-state index is 13.2. The number of hydrogen-bond acceptors (Lipinski definition) is 5. The molecule has 2 aliphatic heterocycles. The number of morpholine rings is 1. The molecule has 32 heavy (non-hydrogen) atoms. The van der Waals surface area contributed by atoms with Gasteiger partial charge in [0.2, 0.25) is 5.91 Å². The summed E-state index contributed by atoms with van der Waals surface area (Å²) >= 11 is 5.98. The Kier molecular flexibility index (Phi) is 7.60. The summed E-state index contributed by atoms with van der Waals surface area (Å²) in [6, 6.07) is 10.3. The van der Waals surface area contributed by atoms with Gasteiger partial charge in [-0.1, -0.05) is 11.6 Å². The molecule has 1 aromatic heterocycles. The number of aromatic nitrogens is 1. The summed E-state index contributed by atoms with van der Waals surface area (Å²) in [6.45, 7) is 4.13. The minimum Gasteiger partial charge on any atom is -0.491 e. The minimum atomic E-state index is -0.771. The molecule has 1 aromatic carbocycles. The fourth-order valence-corrected chi connectivity index (χ4v) is 4.44. The average molecular weight is 462 g/mol. The van der Waals surface area contributed by atoms with Crippen molar-refractivity contribution in [2.75, 3.05) is 39.4 Å². The molecule has 0 spiro atoms. The number of likely N-dealkylation sites (tertiary alicyclic amines) is 1. The van der Waals surface area contributed by atoms with E-state index in [-0.39, 0.29) is 24.8 Å². The first-order chi connectivity index (χ1) is 15.5. The molecule has 3 heterocycles. The van der Waals surface area contributed by atoms with Gasteiger partial charge >= 0.3 is 0 Å². The quantitative estimate of drug-likeness (QED) is 0.625. The summed E-state index contributed by atoms with van der Waals surface area (Å²) in [5, 5.41) is 0.638. The molecule has 0 saturated carbocycles. The first-order valence-electron chi connectivity index (χ1n) is 11.1. The van der Waals surface area contributed by atoms with Crippen molar-refractivity contribution in [3.63, 3.8) is 0 Å². The number of nitrogens with zero attached hydrogens (tertiary/aromatic N) is 3. The van der Waals surface area contributed by atoms with Gasteiger partial charge in [0.15, 0.2) is 0 Å². The van der Waals surface area contributed by atoms with Crippen LogP contribution >= 0.6 is 11.6 Å². The lowest BCUT2D eigenvalue weighted by Crippen LogP contribution is -2.57. The monoisotopic (exact) mass is 461 g/mol. The van der Waals surface area contributed by atoms with Crippen molar-refractivity contribution in [2.24, 2.45) is 0 Å². The predicted octanol–water partition coefficient (Wildman–Crippen LogP) is 3.93. The van der Waals surface area contributed by atoms with E-state index in [4.69, 9.17) is 21.1 Å². The Morgan fingerprint density at radius 1 is 1.12 bits per heavy atom. The molecule has 6 nitrogen and oxygen atoms in total. The Morgan fingerprint density at radius 3 is 2.62 bits per heavy atom. The number of ether oxygens (including phenoxy) is 2. The van der Waals surface area contributed by atoms with Crippen LogP contribution < -0.4 is 4.74 Å². The highest BCUT2D eigenvalue weighted by molar-refractivity contribution is 6.30. The maximum Gasteiger partial charge on any atom is 0.225 e. The largest absolute Gasteiger partial charge is 0.491 e. The van der Waals surface area contributed by atoms with Gasteiger partial charge in [-0.15, -0.1) is 0 Å². The number of halogens is 2. The zero-order valence-corrected chi connectivity index (χ0v) is 18.9. The molecule has 0 unspecified atom stereocenters. The number of pyridine rings is 1. The molecule has 4 rings (SSSR count). The zero-order chi connectivity index (χ0) is 22.4. The van der Waals surface area contributed by atoms with E-state index in [1.165, 1.54) is 18.7 Å². The summed E-state index contributed by atoms with van der Waals surface area (Å²) in [4.78, 5) is 21.4. The molecule has 2 fully saturated rings. The second-order valence-electron chi connectivity index (χ2n) is 8.57. The van der Waals surface area contributed by atoms with E-state index in [0.29, 0.717) is 37.0 Å². The first kappa shape index (κ1) is 23.0. The number of piperidine rings is 1. The highest BCUT2D eigenvalue weighted by Gasteiger charge is 2.41. The molecule has 2 saturated heterocycles. The summed E-state index contributed by atoms with van der Waals surface area (Å²) in [5.74, 6) is 0.430. The Balaban J connectivity index is 1.47. The van der Waals surface area contributed by atoms with Crippen molar-refractivity contribution in [3.05, 3.63) is 59.1 Å². The molecule has 0 radical (unpaired) electrons. The maximum absolute atomic E-state index is 13.2. The van der Waals surface area contributed by atoms with Gasteiger partial charge in [-0.3, -0.25) is 14.7 Å². The van der Waals surface area contributed by atoms with Crippen LogP contribution in [0.3, 0.4) is 0 Å². The lowest BCUT2D eigenvalue weighted by molar-refractivity contribution is -0.157. The van der Waals surface area contributed by atoms with Crippen LogP contribution in [0.5, 0.6) is 5.75 Å². The van der Waals surface area contributed by atoms with E-state index in [1.54, 1.807) is 18.2 Å². The Hall–Kier alpha value is -2.22. The van der Waals surface area contributed by atoms with Gasteiger partial charge in [0, 0.05) is 37.7 Å². The van der Waals surface area contributed by atoms with Crippen LogP contribution in [0, 0.1) is 5.82 Å². The smallest absolute Gasteiger partial charge is 0.225 e. The van der Waals surface area contributed by atoms with Gasteiger partial charge in [0.25, 0.3) is 0 Å². The van der Waals surface area contributed by atoms with Crippen LogP contribution in [0.2, 0.25) is 5.02 Å². The molecule has 0 N–H and O–H groups in total. The fourth-order valence-electron chi connectivity index (χ4n) is 4.31. The Bertz CT molecular complexity index is 890. The second kappa shape index (κ2) is 10.6. The highest BCUT2D eigenvalue weighted by atomic mass is 35.5. The van der Waals surface area contributed by atoms with Crippen molar-refractivity contribution >= 4 is 17.5 Å². The molecule has 172 valence electrons.